The third-order valence-corrected chi connectivity index (χ3v) is 6.13. The van der Waals surface area contributed by atoms with E-state index in [1.54, 1.807) is 0 Å². The van der Waals surface area contributed by atoms with Gasteiger partial charge in [-0.3, -0.25) is 0 Å². The first kappa shape index (κ1) is 14.7. The maximum absolute atomic E-state index is 3.77. The lowest BCUT2D eigenvalue weighted by Crippen LogP contribution is -2.34. The van der Waals surface area contributed by atoms with E-state index in [4.69, 9.17) is 0 Å². The van der Waals surface area contributed by atoms with Crippen LogP contribution in [0.15, 0.2) is 0 Å². The van der Waals surface area contributed by atoms with Gasteiger partial charge in [-0.25, -0.2) is 0 Å². The molecule has 2 heteroatoms. The standard InChI is InChI=1S/C16H31NS/c1-13-6-8-15(9-7-13)17-10-11-18-16-5-3-4-14(2)12-16/h13-17H,3-12H2,1-2H3. The summed E-state index contributed by atoms with van der Waals surface area (Å²) in [5, 5.41) is 4.73. The third kappa shape index (κ3) is 5.13. The molecule has 0 saturated heterocycles. The van der Waals surface area contributed by atoms with Gasteiger partial charge in [0, 0.05) is 23.6 Å². The number of thioether (sulfide) groups is 1. The topological polar surface area (TPSA) is 12.0 Å². The summed E-state index contributed by atoms with van der Waals surface area (Å²) in [6.07, 6.45) is 11.6. The summed E-state index contributed by atoms with van der Waals surface area (Å²) in [5.74, 6) is 3.27. The molecule has 18 heavy (non-hydrogen) atoms. The Balaban J connectivity index is 1.50. The average molecular weight is 269 g/mol. The van der Waals surface area contributed by atoms with E-state index in [0.29, 0.717) is 0 Å². The number of hydrogen-bond acceptors (Lipinski definition) is 2. The smallest absolute Gasteiger partial charge is 0.00675 e. The first-order chi connectivity index (χ1) is 8.74. The van der Waals surface area contributed by atoms with Crippen LogP contribution in [0.3, 0.4) is 0 Å². The summed E-state index contributed by atoms with van der Waals surface area (Å²) in [7, 11) is 0. The minimum Gasteiger partial charge on any atom is -0.313 e. The molecular formula is C16H31NS. The molecule has 2 rings (SSSR count). The van der Waals surface area contributed by atoms with Crippen molar-refractivity contribution in [3.05, 3.63) is 0 Å². The lowest BCUT2D eigenvalue weighted by atomic mass is 9.87. The molecule has 1 N–H and O–H groups in total. The molecule has 0 bridgehead atoms. The second-order valence-corrected chi connectivity index (χ2v) is 8.08. The molecule has 2 aliphatic carbocycles. The van der Waals surface area contributed by atoms with Crippen LogP contribution in [0.25, 0.3) is 0 Å². The molecule has 0 heterocycles. The van der Waals surface area contributed by atoms with Crippen molar-refractivity contribution in [3.8, 4) is 0 Å². The zero-order valence-corrected chi connectivity index (χ0v) is 13.1. The molecule has 0 aromatic rings. The minimum absolute atomic E-state index is 0.826. The quantitative estimate of drug-likeness (QED) is 0.739. The Kier molecular flexibility index (Phi) is 6.37. The molecular weight excluding hydrogens is 238 g/mol. The van der Waals surface area contributed by atoms with Crippen LogP contribution >= 0.6 is 11.8 Å². The molecule has 0 radical (unpaired) electrons. The van der Waals surface area contributed by atoms with Crippen LogP contribution in [-0.2, 0) is 0 Å². The highest BCUT2D eigenvalue weighted by Crippen LogP contribution is 2.31. The molecule has 0 aromatic carbocycles. The normalized spacial score (nSPS) is 37.7. The summed E-state index contributed by atoms with van der Waals surface area (Å²) in [4.78, 5) is 0. The highest BCUT2D eigenvalue weighted by Gasteiger charge is 2.20. The van der Waals surface area contributed by atoms with Gasteiger partial charge in [0.25, 0.3) is 0 Å². The summed E-state index contributed by atoms with van der Waals surface area (Å²) >= 11 is 2.23. The lowest BCUT2D eigenvalue weighted by Gasteiger charge is -2.28. The minimum atomic E-state index is 0.826. The summed E-state index contributed by atoms with van der Waals surface area (Å²) in [6.45, 7) is 6.05. The van der Waals surface area contributed by atoms with E-state index in [-0.39, 0.29) is 0 Å². The Morgan fingerprint density at radius 2 is 1.72 bits per heavy atom. The van der Waals surface area contributed by atoms with Crippen molar-refractivity contribution in [3.63, 3.8) is 0 Å². The van der Waals surface area contributed by atoms with Crippen LogP contribution in [0, 0.1) is 11.8 Å². The fourth-order valence-electron chi connectivity index (χ4n) is 3.48. The maximum atomic E-state index is 3.77. The Bertz CT molecular complexity index is 223. The van der Waals surface area contributed by atoms with Crippen LogP contribution in [0.1, 0.15) is 65.2 Å². The van der Waals surface area contributed by atoms with Crippen molar-refractivity contribution in [2.75, 3.05) is 12.3 Å². The van der Waals surface area contributed by atoms with Crippen LogP contribution in [0.4, 0.5) is 0 Å². The Labute approximate surface area is 118 Å². The van der Waals surface area contributed by atoms with Crippen molar-refractivity contribution >= 4 is 11.8 Å². The molecule has 2 unspecified atom stereocenters. The van der Waals surface area contributed by atoms with E-state index in [1.165, 1.54) is 63.7 Å². The van der Waals surface area contributed by atoms with Gasteiger partial charge in [-0.05, 0) is 50.4 Å². The molecule has 0 aliphatic heterocycles. The van der Waals surface area contributed by atoms with E-state index in [2.05, 4.69) is 30.9 Å². The second kappa shape index (κ2) is 7.79. The lowest BCUT2D eigenvalue weighted by molar-refractivity contribution is 0.311. The number of hydrogen-bond donors (Lipinski definition) is 1. The predicted octanol–water partition coefficient (Wildman–Crippen LogP) is 4.47. The average Bonchev–Trinajstić information content (AvgIpc) is 2.37. The highest BCUT2D eigenvalue weighted by molar-refractivity contribution is 7.99. The van der Waals surface area contributed by atoms with Crippen molar-refractivity contribution in [2.24, 2.45) is 11.8 Å². The predicted molar refractivity (Wildman–Crippen MR) is 83.3 cm³/mol. The van der Waals surface area contributed by atoms with Gasteiger partial charge in [0.2, 0.25) is 0 Å². The van der Waals surface area contributed by atoms with E-state index in [1.807, 2.05) is 0 Å². The SMILES string of the molecule is CC1CCC(NCCSC2CCCC(C)C2)CC1. The van der Waals surface area contributed by atoms with E-state index >= 15 is 0 Å². The Hall–Kier alpha value is 0.310. The highest BCUT2D eigenvalue weighted by atomic mass is 32.2. The molecule has 2 atom stereocenters. The molecule has 2 aliphatic rings. The van der Waals surface area contributed by atoms with E-state index in [0.717, 1.165) is 23.1 Å². The van der Waals surface area contributed by atoms with Crippen molar-refractivity contribution in [1.82, 2.24) is 5.32 Å². The van der Waals surface area contributed by atoms with Crippen LogP contribution in [0.2, 0.25) is 0 Å². The van der Waals surface area contributed by atoms with Crippen molar-refractivity contribution in [1.29, 1.82) is 0 Å². The molecule has 106 valence electrons. The number of rotatable bonds is 5. The fraction of sp³-hybridized carbons (Fsp3) is 1.00. The zero-order valence-electron chi connectivity index (χ0n) is 12.3. The zero-order chi connectivity index (χ0) is 12.8. The largest absolute Gasteiger partial charge is 0.313 e. The monoisotopic (exact) mass is 269 g/mol. The summed E-state index contributed by atoms with van der Waals surface area (Å²) in [6, 6.07) is 0.826. The van der Waals surface area contributed by atoms with E-state index in [9.17, 15) is 0 Å². The van der Waals surface area contributed by atoms with Gasteiger partial charge in [-0.2, -0.15) is 11.8 Å². The van der Waals surface area contributed by atoms with Crippen LogP contribution in [0.5, 0.6) is 0 Å². The molecule has 1 nitrogen and oxygen atoms in total. The first-order valence-electron chi connectivity index (χ1n) is 8.09. The van der Waals surface area contributed by atoms with Gasteiger partial charge in [0.1, 0.15) is 0 Å². The van der Waals surface area contributed by atoms with Crippen molar-refractivity contribution in [2.45, 2.75) is 76.5 Å². The molecule has 2 fully saturated rings. The number of nitrogens with one attached hydrogen (secondary N) is 1. The first-order valence-corrected chi connectivity index (χ1v) is 9.14. The van der Waals surface area contributed by atoms with Gasteiger partial charge >= 0.3 is 0 Å². The molecule has 0 aromatic heterocycles. The summed E-state index contributed by atoms with van der Waals surface area (Å²) < 4.78 is 0. The van der Waals surface area contributed by atoms with Gasteiger partial charge in [0.15, 0.2) is 0 Å². The third-order valence-electron chi connectivity index (χ3n) is 4.79. The van der Waals surface area contributed by atoms with Gasteiger partial charge in [-0.1, -0.05) is 26.7 Å². The van der Waals surface area contributed by atoms with Gasteiger partial charge in [-0.15, -0.1) is 0 Å². The molecule has 0 amide bonds. The summed E-state index contributed by atoms with van der Waals surface area (Å²) in [5.41, 5.74) is 0. The van der Waals surface area contributed by atoms with E-state index < -0.39 is 0 Å². The van der Waals surface area contributed by atoms with Crippen LogP contribution < -0.4 is 5.32 Å². The molecule has 0 spiro atoms. The van der Waals surface area contributed by atoms with Crippen LogP contribution in [-0.4, -0.2) is 23.6 Å². The maximum Gasteiger partial charge on any atom is 0.00675 e. The van der Waals surface area contributed by atoms with Crippen molar-refractivity contribution < 1.29 is 0 Å². The Morgan fingerprint density at radius 1 is 0.944 bits per heavy atom. The second-order valence-electron chi connectivity index (χ2n) is 6.68. The Morgan fingerprint density at radius 3 is 2.44 bits per heavy atom. The fourth-order valence-corrected chi connectivity index (χ4v) is 4.85. The van der Waals surface area contributed by atoms with Gasteiger partial charge < -0.3 is 5.32 Å². The van der Waals surface area contributed by atoms with Gasteiger partial charge in [0.05, 0.1) is 0 Å². The molecule has 2 saturated carbocycles.